The zero-order chi connectivity index (χ0) is 97.2. The summed E-state index contributed by atoms with van der Waals surface area (Å²) >= 11 is 1.21. The third kappa shape index (κ3) is 49.1. The quantitative estimate of drug-likeness (QED) is 0.0207. The number of aliphatic hydroxyl groups excluding tert-OH is 2. The van der Waals surface area contributed by atoms with Gasteiger partial charge in [0.25, 0.3) is 0 Å². The van der Waals surface area contributed by atoms with Crippen LogP contribution in [-0.2, 0) is 84.8 Å². The van der Waals surface area contributed by atoms with Crippen molar-refractivity contribution in [1.82, 2.24) is 89.7 Å². The van der Waals surface area contributed by atoms with Gasteiger partial charge < -0.3 is 134 Å². The van der Waals surface area contributed by atoms with E-state index >= 15 is 0 Å². The molecule has 2 aromatic rings. The molecule has 1 heterocycles. The number of nitrogens with one attached hydrogen (secondary N) is 18. The van der Waals surface area contributed by atoms with Gasteiger partial charge in [-0.1, -0.05) is 124 Å². The SMILES string of the molecule is CCCCCCCCCCCCCCCC(=O)N[C@@H](CCCCN)C(=O)N[C@@H](C)C(=O)N[C@@H](CC(C)C)C(=O)N[C@@H](CCCNC(=N)N)C(=O)N[C@@H](CO)C(=O)N[C@@H](CCSC)C(=O)N[C@H](C(=O)N[C@@H](CC(=O)O)C(=O)N[C@@H](CCCCN)C(=O)N[C@@H](Cc1ccc(O)cc1)C(=O)N[C@@H](CCCNC(=N)N)C(=O)N[C@@H](CC(C)C)C(=O)N[C@@H](Cc1c[nH]cn1)C(N)=O)[C@@H](C)O. The van der Waals surface area contributed by atoms with Crippen LogP contribution in [0.15, 0.2) is 36.8 Å². The Morgan fingerprint density at radius 3 is 1.25 bits per heavy atom. The summed E-state index contributed by atoms with van der Waals surface area (Å²) in [4.78, 5) is 217. The number of nitrogens with two attached hydrogens (primary N) is 5. The molecule has 0 fully saturated rings. The molecule has 1 aromatic carbocycles. The number of H-pyrrole nitrogens is 1. The molecule has 43 nitrogen and oxygen atoms in total. The number of rotatable bonds is 71. The Balaban J connectivity index is 2.45. The predicted octanol–water partition coefficient (Wildman–Crippen LogP) is -1.33. The first-order valence-corrected chi connectivity index (χ1v) is 46.7. The fourth-order valence-corrected chi connectivity index (χ4v) is 14.3. The van der Waals surface area contributed by atoms with Crippen molar-refractivity contribution in [3.8, 4) is 5.75 Å². The second-order valence-electron chi connectivity index (χ2n) is 33.6. The number of nitrogens with zero attached hydrogens (tertiary/aromatic N) is 1. The van der Waals surface area contributed by atoms with Crippen LogP contribution >= 0.6 is 11.8 Å². The lowest BCUT2D eigenvalue weighted by molar-refractivity contribution is -0.142. The van der Waals surface area contributed by atoms with Crippen molar-refractivity contribution in [3.05, 3.63) is 48.0 Å². The first kappa shape index (κ1) is 115. The third-order valence-corrected chi connectivity index (χ3v) is 21.8. The van der Waals surface area contributed by atoms with Crippen molar-refractivity contribution in [3.63, 3.8) is 0 Å². The number of aromatic hydroxyl groups is 1. The Morgan fingerprint density at radius 1 is 0.438 bits per heavy atom. The highest BCUT2D eigenvalue weighted by Gasteiger charge is 2.39. The number of imidazole rings is 1. The molecule has 0 spiro atoms. The number of benzene rings is 1. The monoisotopic (exact) mass is 1860 g/mol. The number of thioether (sulfide) groups is 1. The van der Waals surface area contributed by atoms with E-state index in [-0.39, 0.29) is 139 Å². The molecule has 14 amide bonds. The molecule has 32 N–H and O–H groups in total. The molecule has 130 heavy (non-hydrogen) atoms. The van der Waals surface area contributed by atoms with Gasteiger partial charge in [-0.05, 0) is 158 Å². The highest BCUT2D eigenvalue weighted by Crippen LogP contribution is 2.19. The van der Waals surface area contributed by atoms with Crippen molar-refractivity contribution in [2.24, 2.45) is 40.5 Å². The highest BCUT2D eigenvalue weighted by atomic mass is 32.2. The Labute approximate surface area is 766 Å². The number of guanidine groups is 2. The summed E-state index contributed by atoms with van der Waals surface area (Å²) in [6, 6.07) is -14.7. The molecule has 2 rings (SSSR count). The van der Waals surface area contributed by atoms with Gasteiger partial charge in [-0.3, -0.25) is 82.7 Å². The van der Waals surface area contributed by atoms with Gasteiger partial charge in [-0.15, -0.1) is 0 Å². The van der Waals surface area contributed by atoms with Crippen LogP contribution in [-0.4, -0.2) is 260 Å². The van der Waals surface area contributed by atoms with E-state index in [0.717, 1.165) is 32.6 Å². The van der Waals surface area contributed by atoms with Crippen molar-refractivity contribution in [1.29, 1.82) is 10.8 Å². The van der Waals surface area contributed by atoms with Crippen molar-refractivity contribution in [2.45, 2.75) is 326 Å². The maximum absolute atomic E-state index is 14.8. The number of aliphatic carboxylic acids is 1. The van der Waals surface area contributed by atoms with E-state index in [1.54, 1.807) is 34.0 Å². The molecule has 734 valence electrons. The Morgan fingerprint density at radius 2 is 0.823 bits per heavy atom. The van der Waals surface area contributed by atoms with Gasteiger partial charge in [0.05, 0.1) is 31.2 Å². The summed E-state index contributed by atoms with van der Waals surface area (Å²) in [6.45, 7) is 11.1. The molecule has 0 saturated heterocycles. The number of hydrogen-bond acceptors (Lipinski definition) is 24. The molecule has 44 heteroatoms. The van der Waals surface area contributed by atoms with E-state index in [1.807, 2.05) is 0 Å². The molecular weight excluding hydrogens is 1710 g/mol. The molecule has 0 bridgehead atoms. The summed E-state index contributed by atoms with van der Waals surface area (Å²) in [7, 11) is 0. The standard InChI is InChI=1S/C86H150N24O19S/c1-9-10-11-12-13-14-15-16-17-18-19-20-21-32-69(114)99-58(28-22-24-38-87)74(119)98-53(6)73(118)105-64(43-51(2)3)79(124)101-61(31-27-41-96-86(92)93)77(122)109-68(49-111)83(128)103-62(37-42-130-8)78(123)110-71(54(7)112)84(129)108-67(47-70(115)116)82(127)100-59(29-23-25-39-88)75(120)107-66(45-55-33-35-57(113)36-34-55)81(126)102-60(30-26-40-95-85(90)91)76(121)106-65(44-52(4)5)80(125)104-63(72(89)117)46-56-48-94-50-97-56/h33-36,48,50-54,58-68,71,111-113H,9-32,37-47,49,87-88H2,1-8H3,(H2,89,117)(H,94,97)(H,98,119)(H,99,114)(H,100,127)(H,101,124)(H,102,126)(H,103,128)(H,104,125)(H,105,118)(H,106,121)(H,107,120)(H,108,129)(H,109,122)(H,110,123)(H,115,116)(H4,90,91,95)(H4,92,93,96)/t53-,54+,58-,59-,60-,61-,62-,63-,64-,65-,66-,67-,68-,71-/m0/s1. The summed E-state index contributed by atoms with van der Waals surface area (Å²) in [5, 5.41) is 95.8. The van der Waals surface area contributed by atoms with Gasteiger partial charge in [-0.25, -0.2) is 4.98 Å². The Bertz CT molecular complexity index is 3830. The molecular formula is C86H150N24O19S. The number of aromatic nitrogens is 2. The van der Waals surface area contributed by atoms with Crippen molar-refractivity contribution in [2.75, 3.05) is 44.8 Å². The predicted molar refractivity (Wildman–Crippen MR) is 491 cm³/mol. The normalized spacial score (nSPS) is 14.4. The second-order valence-corrected chi connectivity index (χ2v) is 34.6. The Hall–Kier alpha value is -11.0. The van der Waals surface area contributed by atoms with Crippen molar-refractivity contribution < 1.29 is 92.3 Å². The van der Waals surface area contributed by atoms with E-state index < -0.39 is 192 Å². The molecule has 0 unspecified atom stereocenters. The molecule has 0 aliphatic carbocycles. The lowest BCUT2D eigenvalue weighted by atomic mass is 10.0. The molecule has 1 aromatic heterocycles. The first-order valence-electron chi connectivity index (χ1n) is 45.3. The van der Waals surface area contributed by atoms with Gasteiger partial charge in [0.2, 0.25) is 82.7 Å². The number of carboxylic acid groups (broad SMARTS) is 1. The van der Waals surface area contributed by atoms with Crippen LogP contribution in [0.3, 0.4) is 0 Å². The summed E-state index contributed by atoms with van der Waals surface area (Å²) in [5.41, 5.74) is 29.0. The van der Waals surface area contributed by atoms with Gasteiger partial charge >= 0.3 is 5.97 Å². The number of aromatic amines is 1. The lowest BCUT2D eigenvalue weighted by Gasteiger charge is -2.29. The smallest absolute Gasteiger partial charge is 0.305 e. The topological polar surface area (TPSA) is 724 Å². The largest absolute Gasteiger partial charge is 0.508 e. The number of amides is 14. The van der Waals surface area contributed by atoms with Crippen LogP contribution in [0.25, 0.3) is 0 Å². The van der Waals surface area contributed by atoms with Crippen LogP contribution in [0, 0.1) is 22.7 Å². The Kier molecular flexibility index (Phi) is 58.0. The summed E-state index contributed by atoms with van der Waals surface area (Å²) in [6.07, 6.45) is 17.0. The molecule has 0 saturated carbocycles. The van der Waals surface area contributed by atoms with Crippen LogP contribution in [0.2, 0.25) is 0 Å². The molecule has 0 aliphatic rings. The van der Waals surface area contributed by atoms with Gasteiger partial charge in [0, 0.05) is 38.5 Å². The summed E-state index contributed by atoms with van der Waals surface area (Å²) in [5.74, 6) is -16.4. The van der Waals surface area contributed by atoms with Crippen molar-refractivity contribution >= 4 is 112 Å². The minimum Gasteiger partial charge on any atom is -0.508 e. The van der Waals surface area contributed by atoms with Crippen LogP contribution in [0.5, 0.6) is 5.75 Å². The third-order valence-electron chi connectivity index (χ3n) is 21.1. The minimum atomic E-state index is -2.09. The fourth-order valence-electron chi connectivity index (χ4n) is 13.9. The number of carbonyl (C=O) groups is 15. The van der Waals surface area contributed by atoms with E-state index in [2.05, 4.69) is 96.6 Å². The minimum absolute atomic E-state index is 0.00656. The lowest BCUT2D eigenvalue weighted by Crippen LogP contribution is -2.62. The number of phenolic OH excluding ortho intramolecular Hbond substituents is 1. The average molecular weight is 1860 g/mol. The van der Waals surface area contributed by atoms with E-state index in [9.17, 15) is 92.3 Å². The number of aliphatic hydroxyl groups is 2. The van der Waals surface area contributed by atoms with E-state index in [4.69, 9.17) is 39.5 Å². The summed E-state index contributed by atoms with van der Waals surface area (Å²) < 4.78 is 0. The van der Waals surface area contributed by atoms with Gasteiger partial charge in [-0.2, -0.15) is 11.8 Å². The number of phenols is 1. The molecule has 14 atom stereocenters. The number of carboxylic acids is 1. The number of hydrogen-bond donors (Lipinski definition) is 27. The maximum atomic E-state index is 14.8. The molecule has 0 radical (unpaired) electrons. The maximum Gasteiger partial charge on any atom is 0.305 e. The first-order chi connectivity index (χ1) is 61.8. The highest BCUT2D eigenvalue weighted by molar-refractivity contribution is 7.98. The van der Waals surface area contributed by atoms with Gasteiger partial charge in [0.15, 0.2) is 11.9 Å². The fraction of sp³-hybridized carbons (Fsp3) is 0.698. The van der Waals surface area contributed by atoms with E-state index in [1.165, 1.54) is 107 Å². The van der Waals surface area contributed by atoms with E-state index in [0.29, 0.717) is 37.1 Å². The van der Waals surface area contributed by atoms with Crippen LogP contribution in [0.1, 0.15) is 240 Å². The van der Waals surface area contributed by atoms with Gasteiger partial charge in [0.1, 0.15) is 84.3 Å². The van der Waals surface area contributed by atoms with Crippen LogP contribution in [0.4, 0.5) is 0 Å². The zero-order valence-electron chi connectivity index (χ0n) is 76.8. The zero-order valence-corrected chi connectivity index (χ0v) is 77.6. The van der Waals surface area contributed by atoms with Crippen LogP contribution < -0.4 is 108 Å². The second kappa shape index (κ2) is 65.5. The number of unbranched alkanes of at least 4 members (excludes halogenated alkanes) is 14. The average Bonchev–Trinajstić information content (AvgIpc) is 1.04. The number of carbonyl (C=O) groups excluding carboxylic acids is 14. The number of primary amides is 1. The molecule has 0 aliphatic heterocycles.